The second-order valence-electron chi connectivity index (χ2n) is 4.89. The van der Waals surface area contributed by atoms with Crippen LogP contribution in [0.2, 0.25) is 0 Å². The van der Waals surface area contributed by atoms with Crippen molar-refractivity contribution in [3.8, 4) is 0 Å². The highest BCUT2D eigenvalue weighted by Crippen LogP contribution is 2.35. The molecule has 1 N–H and O–H groups in total. The summed E-state index contributed by atoms with van der Waals surface area (Å²) >= 11 is 1.94. The van der Waals surface area contributed by atoms with Crippen molar-refractivity contribution < 1.29 is 0 Å². The van der Waals surface area contributed by atoms with E-state index in [4.69, 9.17) is 4.99 Å². The van der Waals surface area contributed by atoms with Crippen molar-refractivity contribution >= 4 is 16.9 Å². The molecule has 0 spiro atoms. The van der Waals surface area contributed by atoms with Gasteiger partial charge in [-0.25, -0.2) is 0 Å². The van der Waals surface area contributed by atoms with Crippen LogP contribution in [0.1, 0.15) is 46.0 Å². The molecule has 3 heteroatoms. The number of rotatable bonds is 3. The van der Waals surface area contributed by atoms with Gasteiger partial charge in [-0.15, -0.1) is 0 Å². The number of nitrogens with zero attached hydrogens (tertiary/aromatic N) is 1. The van der Waals surface area contributed by atoms with E-state index in [2.05, 4.69) is 19.2 Å². The highest BCUT2D eigenvalue weighted by molar-refractivity contribution is 8.13. The van der Waals surface area contributed by atoms with Crippen LogP contribution in [0.4, 0.5) is 0 Å². The van der Waals surface area contributed by atoms with Crippen molar-refractivity contribution in [1.82, 2.24) is 5.32 Å². The maximum Gasteiger partial charge on any atom is 0.156 e. The summed E-state index contributed by atoms with van der Waals surface area (Å²) in [7, 11) is 0. The van der Waals surface area contributed by atoms with Crippen LogP contribution in [0.25, 0.3) is 0 Å². The smallest absolute Gasteiger partial charge is 0.156 e. The van der Waals surface area contributed by atoms with E-state index < -0.39 is 0 Å². The van der Waals surface area contributed by atoms with Gasteiger partial charge in [-0.1, -0.05) is 25.6 Å². The van der Waals surface area contributed by atoms with Crippen LogP contribution in [-0.2, 0) is 0 Å². The monoisotopic (exact) mass is 226 g/mol. The fourth-order valence-electron chi connectivity index (χ4n) is 2.04. The van der Waals surface area contributed by atoms with Crippen molar-refractivity contribution in [2.45, 2.75) is 52.0 Å². The van der Waals surface area contributed by atoms with Crippen molar-refractivity contribution in [2.75, 3.05) is 12.3 Å². The Hall–Kier alpha value is -0.180. The van der Waals surface area contributed by atoms with Gasteiger partial charge < -0.3 is 5.32 Å². The summed E-state index contributed by atoms with van der Waals surface area (Å²) in [6.45, 7) is 5.62. The number of amidine groups is 1. The van der Waals surface area contributed by atoms with Crippen LogP contribution < -0.4 is 5.32 Å². The lowest BCUT2D eigenvalue weighted by Crippen LogP contribution is -2.41. The molecule has 2 nitrogen and oxygen atoms in total. The lowest BCUT2D eigenvalue weighted by Gasteiger charge is -2.35. The van der Waals surface area contributed by atoms with Crippen molar-refractivity contribution in [3.63, 3.8) is 0 Å². The molecule has 2 aliphatic rings. The van der Waals surface area contributed by atoms with E-state index in [1.165, 1.54) is 43.0 Å². The number of hydrogen-bond donors (Lipinski definition) is 1. The highest BCUT2D eigenvalue weighted by Gasteiger charge is 2.31. The Labute approximate surface area is 97.3 Å². The average molecular weight is 226 g/mol. The van der Waals surface area contributed by atoms with Gasteiger partial charge >= 0.3 is 0 Å². The first-order valence-electron chi connectivity index (χ1n) is 6.22. The minimum absolute atomic E-state index is 0.482. The normalized spacial score (nSPS) is 25.6. The molecule has 86 valence electrons. The summed E-state index contributed by atoms with van der Waals surface area (Å²) in [6.07, 6.45) is 6.59. The molecular weight excluding hydrogens is 204 g/mol. The molecule has 0 saturated heterocycles. The van der Waals surface area contributed by atoms with Crippen LogP contribution in [0.5, 0.6) is 0 Å². The van der Waals surface area contributed by atoms with Gasteiger partial charge in [0.15, 0.2) is 5.17 Å². The molecule has 0 aromatic heterocycles. The molecule has 0 aromatic carbocycles. The fourth-order valence-corrected chi connectivity index (χ4v) is 3.39. The molecule has 1 aliphatic heterocycles. The first-order valence-corrected chi connectivity index (χ1v) is 7.20. The molecule has 0 unspecified atom stereocenters. The Morgan fingerprint density at radius 1 is 1.40 bits per heavy atom. The standard InChI is InChI=1S/C12H22N2S/c1-3-12(4-2)8-13-11(15-9-12)14-10-6-5-7-10/h10H,3-9H2,1-2H3,(H,13,14). The third-order valence-corrected chi connectivity index (χ3v) is 5.28. The van der Waals surface area contributed by atoms with Gasteiger partial charge in [0, 0.05) is 18.3 Å². The summed E-state index contributed by atoms with van der Waals surface area (Å²) in [4.78, 5) is 4.72. The Morgan fingerprint density at radius 2 is 2.13 bits per heavy atom. The van der Waals surface area contributed by atoms with Crippen molar-refractivity contribution in [1.29, 1.82) is 0 Å². The molecule has 15 heavy (non-hydrogen) atoms. The van der Waals surface area contributed by atoms with Gasteiger partial charge in [-0.3, -0.25) is 4.99 Å². The zero-order chi connectivity index (χ0) is 10.7. The lowest BCUT2D eigenvalue weighted by atomic mass is 9.84. The fraction of sp³-hybridized carbons (Fsp3) is 0.917. The van der Waals surface area contributed by atoms with Crippen molar-refractivity contribution in [3.05, 3.63) is 0 Å². The molecule has 1 saturated carbocycles. The molecule has 0 radical (unpaired) electrons. The summed E-state index contributed by atoms with van der Waals surface area (Å²) < 4.78 is 0. The minimum atomic E-state index is 0.482. The highest BCUT2D eigenvalue weighted by atomic mass is 32.2. The molecule has 0 bridgehead atoms. The van der Waals surface area contributed by atoms with Crippen LogP contribution in [0.15, 0.2) is 4.99 Å². The van der Waals surface area contributed by atoms with Gasteiger partial charge in [0.1, 0.15) is 0 Å². The van der Waals surface area contributed by atoms with Crippen molar-refractivity contribution in [2.24, 2.45) is 10.4 Å². The molecule has 2 rings (SSSR count). The van der Waals surface area contributed by atoms with E-state index in [1.54, 1.807) is 0 Å². The largest absolute Gasteiger partial charge is 0.362 e. The third kappa shape index (κ3) is 2.49. The molecule has 0 atom stereocenters. The van der Waals surface area contributed by atoms with Gasteiger partial charge in [-0.2, -0.15) is 0 Å². The second kappa shape index (κ2) is 4.77. The van der Waals surface area contributed by atoms with Crippen LogP contribution in [0.3, 0.4) is 0 Å². The van der Waals surface area contributed by atoms with E-state index in [1.807, 2.05) is 11.8 Å². The van der Waals surface area contributed by atoms with Crippen LogP contribution >= 0.6 is 11.8 Å². The molecule has 1 fully saturated rings. The Kier molecular flexibility index (Phi) is 3.60. The maximum atomic E-state index is 4.72. The SMILES string of the molecule is CCC1(CC)CN=C(NC2CCC2)SC1. The van der Waals surface area contributed by atoms with Gasteiger partial charge in [-0.05, 0) is 37.5 Å². The molecule has 0 amide bonds. The van der Waals surface area contributed by atoms with Gasteiger partial charge in [0.2, 0.25) is 0 Å². The zero-order valence-corrected chi connectivity index (χ0v) is 10.7. The summed E-state index contributed by atoms with van der Waals surface area (Å²) in [5.41, 5.74) is 0.482. The predicted molar refractivity (Wildman–Crippen MR) is 68.5 cm³/mol. The number of thioether (sulfide) groups is 1. The Bertz CT molecular complexity index is 242. The Balaban J connectivity index is 1.87. The van der Waals surface area contributed by atoms with E-state index in [9.17, 15) is 0 Å². The second-order valence-corrected chi connectivity index (χ2v) is 5.85. The molecule has 0 aromatic rings. The number of nitrogens with one attached hydrogen (secondary N) is 1. The quantitative estimate of drug-likeness (QED) is 0.800. The maximum absolute atomic E-state index is 4.72. The van der Waals surface area contributed by atoms with E-state index in [0.717, 1.165) is 12.6 Å². The molecule has 1 aliphatic carbocycles. The molecular formula is C12H22N2S. The van der Waals surface area contributed by atoms with Gasteiger partial charge in [0.05, 0.1) is 0 Å². The van der Waals surface area contributed by atoms with Crippen LogP contribution in [0, 0.1) is 5.41 Å². The van der Waals surface area contributed by atoms with E-state index >= 15 is 0 Å². The van der Waals surface area contributed by atoms with E-state index in [-0.39, 0.29) is 0 Å². The average Bonchev–Trinajstić information content (AvgIpc) is 2.25. The Morgan fingerprint density at radius 3 is 2.53 bits per heavy atom. The topological polar surface area (TPSA) is 24.4 Å². The first-order chi connectivity index (χ1) is 7.28. The predicted octanol–water partition coefficient (Wildman–Crippen LogP) is 3.04. The lowest BCUT2D eigenvalue weighted by molar-refractivity contribution is 0.316. The number of aliphatic imine (C=N–C) groups is 1. The summed E-state index contributed by atoms with van der Waals surface area (Å²) in [6, 6.07) is 0.729. The molecule has 1 heterocycles. The summed E-state index contributed by atoms with van der Waals surface area (Å²) in [5.74, 6) is 1.25. The number of hydrogen-bond acceptors (Lipinski definition) is 3. The summed E-state index contributed by atoms with van der Waals surface area (Å²) in [5, 5.41) is 4.76. The zero-order valence-electron chi connectivity index (χ0n) is 9.88. The van der Waals surface area contributed by atoms with Gasteiger partial charge in [0.25, 0.3) is 0 Å². The minimum Gasteiger partial charge on any atom is -0.362 e. The van der Waals surface area contributed by atoms with Crippen LogP contribution in [-0.4, -0.2) is 23.5 Å². The first kappa shape index (κ1) is 11.3. The third-order valence-electron chi connectivity index (χ3n) is 4.01. The van der Waals surface area contributed by atoms with E-state index in [0.29, 0.717) is 5.41 Å².